The van der Waals surface area contributed by atoms with Crippen molar-refractivity contribution in [3.05, 3.63) is 46.8 Å². The Bertz CT molecular complexity index is 671. The summed E-state index contributed by atoms with van der Waals surface area (Å²) in [5.74, 6) is 0.753. The third-order valence-electron chi connectivity index (χ3n) is 3.90. The second kappa shape index (κ2) is 6.40. The summed E-state index contributed by atoms with van der Waals surface area (Å²) in [7, 11) is 0. The molecule has 0 radical (unpaired) electrons. The van der Waals surface area contributed by atoms with Crippen molar-refractivity contribution >= 4 is 23.3 Å². The number of carbonyl (C=O) groups is 1. The van der Waals surface area contributed by atoms with Gasteiger partial charge in [0.2, 0.25) is 0 Å². The van der Waals surface area contributed by atoms with Gasteiger partial charge in [0.15, 0.2) is 5.76 Å². The fraction of sp³-hybridized carbons (Fsp3) is 0.375. The molecule has 5 nitrogen and oxygen atoms in total. The van der Waals surface area contributed by atoms with E-state index in [0.717, 1.165) is 30.7 Å². The lowest BCUT2D eigenvalue weighted by Crippen LogP contribution is -2.34. The molecular formula is C16H18ClN3O2. The summed E-state index contributed by atoms with van der Waals surface area (Å²) in [5, 5.41) is 7.41. The summed E-state index contributed by atoms with van der Waals surface area (Å²) in [6, 6.07) is 8.92. The molecule has 2 heterocycles. The van der Waals surface area contributed by atoms with Crippen molar-refractivity contribution in [3.63, 3.8) is 0 Å². The van der Waals surface area contributed by atoms with E-state index in [9.17, 15) is 4.79 Å². The summed E-state index contributed by atoms with van der Waals surface area (Å²) in [6.45, 7) is 2.72. The zero-order chi connectivity index (χ0) is 15.5. The van der Waals surface area contributed by atoms with Crippen molar-refractivity contribution in [2.24, 2.45) is 0 Å². The van der Waals surface area contributed by atoms with Crippen LogP contribution < -0.4 is 5.32 Å². The first-order valence-corrected chi connectivity index (χ1v) is 7.84. The van der Waals surface area contributed by atoms with Gasteiger partial charge in [0.25, 0.3) is 0 Å². The predicted octanol–water partition coefficient (Wildman–Crippen LogP) is 4.26. The van der Waals surface area contributed by atoms with E-state index in [1.807, 2.05) is 25.1 Å². The molecule has 1 aliphatic heterocycles. The van der Waals surface area contributed by atoms with Crippen molar-refractivity contribution < 1.29 is 9.32 Å². The zero-order valence-corrected chi connectivity index (χ0v) is 13.1. The minimum atomic E-state index is -0.162. The summed E-state index contributed by atoms with van der Waals surface area (Å²) >= 11 is 6.09. The summed E-state index contributed by atoms with van der Waals surface area (Å²) in [4.78, 5) is 14.3. The van der Waals surface area contributed by atoms with Crippen LogP contribution in [-0.4, -0.2) is 22.6 Å². The Morgan fingerprint density at radius 3 is 3.05 bits per heavy atom. The number of nitrogens with zero attached hydrogens (tertiary/aromatic N) is 2. The van der Waals surface area contributed by atoms with Crippen LogP contribution in [-0.2, 0) is 6.42 Å². The standard InChI is InChI=1S/C16H18ClN3O2/c1-2-11-10-15(22-19-11)14-8-5-9-20(14)16(21)18-13-7-4-3-6-12(13)17/h3-4,6-7,10,14H,2,5,8-9H2,1H3,(H,18,21)/t14-/m0/s1. The van der Waals surface area contributed by atoms with E-state index in [1.54, 1.807) is 17.0 Å². The van der Waals surface area contributed by atoms with Gasteiger partial charge in [-0.3, -0.25) is 0 Å². The van der Waals surface area contributed by atoms with Gasteiger partial charge in [-0.05, 0) is 31.4 Å². The van der Waals surface area contributed by atoms with E-state index in [4.69, 9.17) is 16.1 Å². The van der Waals surface area contributed by atoms with Gasteiger partial charge in [-0.15, -0.1) is 0 Å². The number of anilines is 1. The number of para-hydroxylation sites is 1. The van der Waals surface area contributed by atoms with Crippen molar-refractivity contribution in [1.29, 1.82) is 0 Å². The Morgan fingerprint density at radius 1 is 1.50 bits per heavy atom. The Morgan fingerprint density at radius 2 is 2.32 bits per heavy atom. The highest BCUT2D eigenvalue weighted by Gasteiger charge is 2.33. The van der Waals surface area contributed by atoms with E-state index in [-0.39, 0.29) is 12.1 Å². The van der Waals surface area contributed by atoms with Crippen LogP contribution in [0.25, 0.3) is 0 Å². The Kier molecular flexibility index (Phi) is 4.34. The number of hydrogen-bond acceptors (Lipinski definition) is 3. The highest BCUT2D eigenvalue weighted by molar-refractivity contribution is 6.33. The van der Waals surface area contributed by atoms with Gasteiger partial charge in [0.1, 0.15) is 0 Å². The van der Waals surface area contributed by atoms with Gasteiger partial charge in [-0.25, -0.2) is 4.79 Å². The average molecular weight is 320 g/mol. The number of rotatable bonds is 3. The Balaban J connectivity index is 1.75. The third-order valence-corrected chi connectivity index (χ3v) is 4.23. The minimum absolute atomic E-state index is 0.0599. The number of nitrogens with one attached hydrogen (secondary N) is 1. The zero-order valence-electron chi connectivity index (χ0n) is 12.4. The smallest absolute Gasteiger partial charge is 0.322 e. The summed E-state index contributed by atoms with van der Waals surface area (Å²) in [5.41, 5.74) is 1.53. The molecule has 6 heteroatoms. The van der Waals surface area contributed by atoms with Crippen LogP contribution in [0.1, 0.15) is 37.3 Å². The van der Waals surface area contributed by atoms with Gasteiger partial charge in [0.05, 0.1) is 22.4 Å². The monoisotopic (exact) mass is 319 g/mol. The van der Waals surface area contributed by atoms with Crippen LogP contribution in [0.15, 0.2) is 34.9 Å². The molecule has 1 aromatic carbocycles. The normalized spacial score (nSPS) is 17.7. The SMILES string of the molecule is CCc1cc([C@@H]2CCCN2C(=O)Nc2ccccc2Cl)on1. The molecule has 0 unspecified atom stereocenters. The van der Waals surface area contributed by atoms with Crippen LogP contribution in [0, 0.1) is 0 Å². The number of halogens is 1. The van der Waals surface area contributed by atoms with Crippen LogP contribution in [0.5, 0.6) is 0 Å². The number of benzene rings is 1. The second-order valence-corrected chi connectivity index (χ2v) is 5.74. The van der Waals surface area contributed by atoms with Gasteiger partial charge in [-0.2, -0.15) is 0 Å². The lowest BCUT2D eigenvalue weighted by Gasteiger charge is -2.23. The molecule has 0 spiro atoms. The van der Waals surface area contributed by atoms with Crippen molar-refractivity contribution in [2.75, 3.05) is 11.9 Å². The lowest BCUT2D eigenvalue weighted by molar-refractivity contribution is 0.195. The van der Waals surface area contributed by atoms with E-state index in [2.05, 4.69) is 10.5 Å². The van der Waals surface area contributed by atoms with Gasteiger partial charge >= 0.3 is 6.03 Å². The maximum Gasteiger partial charge on any atom is 0.322 e. The molecule has 22 heavy (non-hydrogen) atoms. The minimum Gasteiger partial charge on any atom is -0.359 e. The first-order chi connectivity index (χ1) is 10.7. The molecule has 1 fully saturated rings. The van der Waals surface area contributed by atoms with Gasteiger partial charge in [0, 0.05) is 12.6 Å². The Hall–Kier alpha value is -2.01. The molecule has 116 valence electrons. The quantitative estimate of drug-likeness (QED) is 0.919. The number of carbonyl (C=O) groups excluding carboxylic acids is 1. The van der Waals surface area contributed by atoms with Crippen LogP contribution >= 0.6 is 11.6 Å². The van der Waals surface area contributed by atoms with Gasteiger partial charge < -0.3 is 14.7 Å². The lowest BCUT2D eigenvalue weighted by atomic mass is 10.1. The van der Waals surface area contributed by atoms with Crippen LogP contribution in [0.2, 0.25) is 5.02 Å². The molecule has 1 aromatic heterocycles. The number of hydrogen-bond donors (Lipinski definition) is 1. The third kappa shape index (κ3) is 2.95. The van der Waals surface area contributed by atoms with Crippen LogP contribution in [0.3, 0.4) is 0 Å². The molecule has 1 atom stereocenters. The van der Waals surface area contributed by atoms with E-state index in [1.165, 1.54) is 0 Å². The molecule has 0 aliphatic carbocycles. The maximum atomic E-state index is 12.5. The largest absolute Gasteiger partial charge is 0.359 e. The highest BCUT2D eigenvalue weighted by atomic mass is 35.5. The number of aromatic nitrogens is 1. The molecule has 2 aromatic rings. The summed E-state index contributed by atoms with van der Waals surface area (Å²) < 4.78 is 5.40. The van der Waals surface area contributed by atoms with Crippen molar-refractivity contribution in [1.82, 2.24) is 10.1 Å². The molecule has 0 bridgehead atoms. The van der Waals surface area contributed by atoms with Crippen LogP contribution in [0.4, 0.5) is 10.5 Å². The molecular weight excluding hydrogens is 302 g/mol. The predicted molar refractivity (Wildman–Crippen MR) is 85.0 cm³/mol. The number of amides is 2. The van der Waals surface area contributed by atoms with E-state index in [0.29, 0.717) is 17.3 Å². The first kappa shape index (κ1) is 14.9. The maximum absolute atomic E-state index is 12.5. The molecule has 1 aliphatic rings. The van der Waals surface area contributed by atoms with Gasteiger partial charge in [-0.1, -0.05) is 35.8 Å². The molecule has 3 rings (SSSR count). The fourth-order valence-corrected chi connectivity index (χ4v) is 2.89. The molecule has 0 saturated carbocycles. The molecule has 1 saturated heterocycles. The highest BCUT2D eigenvalue weighted by Crippen LogP contribution is 2.33. The molecule has 2 amide bonds. The first-order valence-electron chi connectivity index (χ1n) is 7.46. The average Bonchev–Trinajstić information content (AvgIpc) is 3.17. The number of urea groups is 1. The number of likely N-dealkylation sites (tertiary alicyclic amines) is 1. The van der Waals surface area contributed by atoms with E-state index >= 15 is 0 Å². The van der Waals surface area contributed by atoms with Crippen molar-refractivity contribution in [3.8, 4) is 0 Å². The summed E-state index contributed by atoms with van der Waals surface area (Å²) in [6.07, 6.45) is 2.65. The Labute approximate surface area is 134 Å². The molecule has 1 N–H and O–H groups in total. The fourth-order valence-electron chi connectivity index (χ4n) is 2.71. The topological polar surface area (TPSA) is 58.4 Å². The second-order valence-electron chi connectivity index (χ2n) is 5.34. The van der Waals surface area contributed by atoms with Crippen molar-refractivity contribution in [2.45, 2.75) is 32.2 Å². The number of aryl methyl sites for hydroxylation is 1. The van der Waals surface area contributed by atoms with E-state index < -0.39 is 0 Å².